The van der Waals surface area contributed by atoms with Gasteiger partial charge < -0.3 is 0 Å². The maximum absolute atomic E-state index is 11.8. The number of rotatable bonds is 4. The number of pyridine rings is 2. The Morgan fingerprint density at radius 2 is 1.38 bits per heavy atom. The van der Waals surface area contributed by atoms with E-state index < -0.39 is 0 Å². The lowest BCUT2D eigenvalue weighted by atomic mass is 10.0. The first-order valence-corrected chi connectivity index (χ1v) is 9.35. The molecular weight excluding hydrogens is 362 g/mol. The molecule has 0 unspecified atom stereocenters. The Kier molecular flexibility index (Phi) is 4.96. The first-order chi connectivity index (χ1) is 14.0. The van der Waals surface area contributed by atoms with E-state index in [0.29, 0.717) is 23.5 Å². The van der Waals surface area contributed by atoms with Crippen molar-refractivity contribution in [3.05, 3.63) is 89.0 Å². The molecule has 1 aliphatic heterocycles. The van der Waals surface area contributed by atoms with Gasteiger partial charge >= 0.3 is 0 Å². The van der Waals surface area contributed by atoms with Gasteiger partial charge in [-0.3, -0.25) is 14.6 Å². The van der Waals surface area contributed by atoms with Gasteiger partial charge in [0, 0.05) is 25.8 Å². The molecule has 2 aromatic heterocycles. The molecule has 3 aromatic rings. The summed E-state index contributed by atoms with van der Waals surface area (Å²) in [6.45, 7) is 3.01. The van der Waals surface area contributed by atoms with Gasteiger partial charge in [-0.2, -0.15) is 0 Å². The molecular formula is C24H19N3O2. The van der Waals surface area contributed by atoms with E-state index in [1.807, 2.05) is 54.6 Å². The van der Waals surface area contributed by atoms with Crippen LogP contribution in [0.2, 0.25) is 0 Å². The van der Waals surface area contributed by atoms with E-state index in [9.17, 15) is 9.59 Å². The van der Waals surface area contributed by atoms with Crippen LogP contribution < -0.4 is 0 Å². The molecule has 29 heavy (non-hydrogen) atoms. The Hall–Kier alpha value is -3.73. The number of benzene rings is 1. The summed E-state index contributed by atoms with van der Waals surface area (Å²) in [6, 6.07) is 18.7. The number of para-hydroxylation sites is 1. The van der Waals surface area contributed by atoms with Gasteiger partial charge in [0.05, 0.1) is 22.8 Å². The molecule has 5 heteroatoms. The van der Waals surface area contributed by atoms with Crippen LogP contribution >= 0.6 is 0 Å². The van der Waals surface area contributed by atoms with Gasteiger partial charge in [0.1, 0.15) is 11.4 Å². The minimum atomic E-state index is -0.0898. The van der Waals surface area contributed by atoms with Gasteiger partial charge in [0.25, 0.3) is 0 Å². The number of hydrogen-bond acceptors (Lipinski definition) is 5. The summed E-state index contributed by atoms with van der Waals surface area (Å²) in [6.07, 6.45) is 2.53. The van der Waals surface area contributed by atoms with Gasteiger partial charge in [-0.1, -0.05) is 30.3 Å². The number of carbonyl (C=O) groups excluding carboxylic acids is 2. The van der Waals surface area contributed by atoms with Crippen LogP contribution in [0.5, 0.6) is 0 Å². The first-order valence-electron chi connectivity index (χ1n) is 9.35. The fourth-order valence-corrected chi connectivity index (χ4v) is 3.23. The Morgan fingerprint density at radius 3 is 2.07 bits per heavy atom. The molecule has 0 saturated heterocycles. The van der Waals surface area contributed by atoms with Crippen LogP contribution in [0.3, 0.4) is 0 Å². The number of carbonyl (C=O) groups is 2. The Morgan fingerprint density at radius 1 is 0.759 bits per heavy atom. The number of aliphatic imine (C=N–C) groups is 1. The summed E-state index contributed by atoms with van der Waals surface area (Å²) in [5.74, 6) is -0.167. The maximum atomic E-state index is 11.8. The molecule has 0 bridgehead atoms. The molecule has 1 aliphatic rings. The van der Waals surface area contributed by atoms with Gasteiger partial charge in [0.2, 0.25) is 0 Å². The summed E-state index contributed by atoms with van der Waals surface area (Å²) in [5, 5.41) is 0. The maximum Gasteiger partial charge on any atom is 0.178 e. The summed E-state index contributed by atoms with van der Waals surface area (Å²) in [7, 11) is 0. The second-order valence-corrected chi connectivity index (χ2v) is 6.89. The fraction of sp³-hybridized carbons (Fsp3) is 0.125. The second-order valence-electron chi connectivity index (χ2n) is 6.89. The largest absolute Gasteiger partial charge is 0.293 e. The molecule has 3 heterocycles. The van der Waals surface area contributed by atoms with E-state index in [1.165, 1.54) is 13.8 Å². The number of fused-ring (bicyclic) bond motifs is 1. The highest BCUT2D eigenvalue weighted by Gasteiger charge is 2.18. The van der Waals surface area contributed by atoms with Gasteiger partial charge in [-0.25, -0.2) is 9.97 Å². The van der Waals surface area contributed by atoms with Crippen LogP contribution in [0.15, 0.2) is 65.7 Å². The Bertz CT molecular complexity index is 1100. The van der Waals surface area contributed by atoms with Crippen LogP contribution in [0.1, 0.15) is 58.2 Å². The fourth-order valence-electron chi connectivity index (χ4n) is 3.23. The molecule has 0 amide bonds. The SMILES string of the molecule is CC(=O)c1cccc(C2=Cc3ccccc3N=C(c3cccc(C(C)=O)n3)C2)n1. The second kappa shape index (κ2) is 7.72. The highest BCUT2D eigenvalue weighted by molar-refractivity contribution is 6.10. The van der Waals surface area contributed by atoms with E-state index in [0.717, 1.165) is 28.2 Å². The van der Waals surface area contributed by atoms with E-state index >= 15 is 0 Å². The summed E-state index contributed by atoms with van der Waals surface area (Å²) in [4.78, 5) is 37.4. The van der Waals surface area contributed by atoms with Gasteiger partial charge in [-0.15, -0.1) is 0 Å². The predicted octanol–water partition coefficient (Wildman–Crippen LogP) is 4.95. The van der Waals surface area contributed by atoms with E-state index in [1.54, 1.807) is 12.1 Å². The number of ketones is 2. The first kappa shape index (κ1) is 18.6. The van der Waals surface area contributed by atoms with Crippen LogP contribution in [0, 0.1) is 0 Å². The van der Waals surface area contributed by atoms with E-state index in [-0.39, 0.29) is 11.6 Å². The molecule has 0 saturated carbocycles. The molecule has 0 N–H and O–H groups in total. The zero-order valence-electron chi connectivity index (χ0n) is 16.2. The lowest BCUT2D eigenvalue weighted by molar-refractivity contribution is 0.100. The van der Waals surface area contributed by atoms with Crippen molar-refractivity contribution in [2.45, 2.75) is 20.3 Å². The van der Waals surface area contributed by atoms with Crippen molar-refractivity contribution < 1.29 is 9.59 Å². The van der Waals surface area contributed by atoms with Gasteiger partial charge in [-0.05, 0) is 42.0 Å². The smallest absolute Gasteiger partial charge is 0.178 e. The zero-order valence-corrected chi connectivity index (χ0v) is 16.2. The monoisotopic (exact) mass is 381 g/mol. The third kappa shape index (κ3) is 3.94. The minimum Gasteiger partial charge on any atom is -0.293 e. The summed E-state index contributed by atoms with van der Waals surface area (Å²) < 4.78 is 0. The molecule has 0 aliphatic carbocycles. The van der Waals surface area contributed by atoms with Crippen molar-refractivity contribution in [3.63, 3.8) is 0 Å². The quantitative estimate of drug-likeness (QED) is 0.600. The Labute approximate surface area is 168 Å². The zero-order chi connectivity index (χ0) is 20.4. The molecule has 0 spiro atoms. The number of nitrogens with zero attached hydrogens (tertiary/aromatic N) is 3. The number of allylic oxidation sites excluding steroid dienone is 1. The van der Waals surface area contributed by atoms with Crippen molar-refractivity contribution >= 4 is 34.6 Å². The number of aromatic nitrogens is 2. The van der Waals surface area contributed by atoms with Crippen molar-refractivity contribution in [1.29, 1.82) is 0 Å². The third-order valence-electron chi connectivity index (χ3n) is 4.72. The average Bonchev–Trinajstić information content (AvgIpc) is 2.94. The van der Waals surface area contributed by atoms with Crippen LogP contribution in [-0.2, 0) is 0 Å². The number of hydrogen-bond donors (Lipinski definition) is 0. The highest BCUT2D eigenvalue weighted by atomic mass is 16.1. The van der Waals surface area contributed by atoms with Crippen LogP contribution in [-0.4, -0.2) is 27.2 Å². The number of Topliss-reactive ketones (excluding diaryl/α,β-unsaturated/α-hetero) is 2. The molecule has 0 atom stereocenters. The lowest BCUT2D eigenvalue weighted by Gasteiger charge is -2.09. The van der Waals surface area contributed by atoms with E-state index in [2.05, 4.69) is 9.97 Å². The summed E-state index contributed by atoms with van der Waals surface area (Å²) >= 11 is 0. The minimum absolute atomic E-state index is 0.0776. The summed E-state index contributed by atoms with van der Waals surface area (Å²) in [5.41, 5.74) is 5.70. The topological polar surface area (TPSA) is 72.3 Å². The molecule has 0 radical (unpaired) electrons. The normalized spacial score (nSPS) is 13.0. The van der Waals surface area contributed by atoms with Crippen molar-refractivity contribution in [3.8, 4) is 0 Å². The predicted molar refractivity (Wildman–Crippen MR) is 114 cm³/mol. The average molecular weight is 381 g/mol. The van der Waals surface area contributed by atoms with Crippen molar-refractivity contribution in [2.24, 2.45) is 4.99 Å². The third-order valence-corrected chi connectivity index (χ3v) is 4.72. The van der Waals surface area contributed by atoms with Crippen LogP contribution in [0.4, 0.5) is 5.69 Å². The van der Waals surface area contributed by atoms with Crippen molar-refractivity contribution in [1.82, 2.24) is 9.97 Å². The Balaban J connectivity index is 1.85. The van der Waals surface area contributed by atoms with Crippen LogP contribution in [0.25, 0.3) is 11.6 Å². The lowest BCUT2D eigenvalue weighted by Crippen LogP contribution is -2.08. The molecule has 0 fully saturated rings. The highest BCUT2D eigenvalue weighted by Crippen LogP contribution is 2.32. The molecule has 5 nitrogen and oxygen atoms in total. The van der Waals surface area contributed by atoms with E-state index in [4.69, 9.17) is 4.99 Å². The molecule has 1 aromatic carbocycles. The molecule has 4 rings (SSSR count). The van der Waals surface area contributed by atoms with Crippen molar-refractivity contribution in [2.75, 3.05) is 0 Å². The van der Waals surface area contributed by atoms with Gasteiger partial charge in [0.15, 0.2) is 11.6 Å². The molecule has 142 valence electrons. The standard InChI is InChI=1S/C24H19N3O2/c1-15(28)19-9-5-11-22(25-19)18-13-17-7-3-4-8-21(17)27-24(14-18)23-12-6-10-20(26-23)16(2)29/h3-13H,14H2,1-2H3.